The first-order valence-corrected chi connectivity index (χ1v) is 10.8. The molecule has 3 saturated carbocycles. The lowest BCUT2D eigenvalue weighted by Crippen LogP contribution is -2.52. The number of benzene rings is 1. The third-order valence-electron chi connectivity index (χ3n) is 6.34. The van der Waals surface area contributed by atoms with Gasteiger partial charge < -0.3 is 20.7 Å². The molecule has 2 amide bonds. The molecule has 1 unspecified atom stereocenters. The maximum atomic E-state index is 13.5. The van der Waals surface area contributed by atoms with Gasteiger partial charge >= 0.3 is 0 Å². The lowest BCUT2D eigenvalue weighted by molar-refractivity contribution is -0.124. The lowest BCUT2D eigenvalue weighted by Gasteiger charge is -2.38. The number of nitrogens with one attached hydrogen (secondary N) is 3. The second-order valence-electron chi connectivity index (χ2n) is 8.56. The molecule has 2 aromatic rings. The summed E-state index contributed by atoms with van der Waals surface area (Å²) < 4.78 is 20.6. The number of halogens is 2. The van der Waals surface area contributed by atoms with Crippen LogP contribution in [0.3, 0.4) is 0 Å². The van der Waals surface area contributed by atoms with E-state index in [9.17, 15) is 14.0 Å². The highest BCUT2D eigenvalue weighted by Crippen LogP contribution is 2.52. The Kier molecular flexibility index (Phi) is 5.00. The number of aromatic nitrogens is 2. The molecule has 31 heavy (non-hydrogen) atoms. The van der Waals surface area contributed by atoms with Crippen LogP contribution in [-0.4, -0.2) is 46.3 Å². The van der Waals surface area contributed by atoms with Crippen LogP contribution in [0.4, 0.5) is 10.2 Å². The minimum Gasteiger partial charge on any atom is -0.484 e. The molecule has 1 aromatic carbocycles. The van der Waals surface area contributed by atoms with E-state index < -0.39 is 5.82 Å². The van der Waals surface area contributed by atoms with E-state index in [0.717, 1.165) is 44.2 Å². The molecule has 3 N–H and O–H groups in total. The van der Waals surface area contributed by atoms with Crippen LogP contribution in [0, 0.1) is 11.7 Å². The van der Waals surface area contributed by atoms with Crippen molar-refractivity contribution in [2.75, 3.05) is 18.5 Å². The quantitative estimate of drug-likeness (QED) is 0.631. The van der Waals surface area contributed by atoms with Crippen LogP contribution in [0.15, 0.2) is 24.3 Å². The van der Waals surface area contributed by atoms with Gasteiger partial charge in [0, 0.05) is 36.8 Å². The number of carbonyl (C=O) groups excluding carboxylic acids is 2. The number of rotatable bonds is 6. The smallest absolute Gasteiger partial charge is 0.272 e. The Morgan fingerprint density at radius 1 is 1.32 bits per heavy atom. The second kappa shape index (κ2) is 7.71. The number of fused-ring (bicyclic) bond motifs is 2. The Hall–Kier alpha value is -2.81. The number of amides is 2. The lowest BCUT2D eigenvalue weighted by atomic mass is 9.76. The molecule has 8 nitrogen and oxygen atoms in total. The monoisotopic (exact) mass is 447 g/mol. The van der Waals surface area contributed by atoms with Crippen LogP contribution >= 0.6 is 11.6 Å². The van der Waals surface area contributed by atoms with Gasteiger partial charge in [-0.1, -0.05) is 11.6 Å². The highest BCUT2D eigenvalue weighted by Gasteiger charge is 2.57. The standard InChI is InChI=1S/C21H23ClFN5O3/c22-14-3-2-13(6-15(14)23)31-11-19(29)25-17-10-21(8-12(17)9-21)26-20(30)16-7-18-24-4-1-5-28(18)27-16/h2-3,6-7,12,17,24H,1,4-5,8-11H2,(H,25,29)(H,26,30). The fourth-order valence-corrected chi connectivity index (χ4v) is 4.98. The number of hydrogen-bond acceptors (Lipinski definition) is 5. The van der Waals surface area contributed by atoms with Gasteiger partial charge in [0.15, 0.2) is 12.3 Å². The van der Waals surface area contributed by atoms with Crippen molar-refractivity contribution in [1.82, 2.24) is 20.4 Å². The van der Waals surface area contributed by atoms with Gasteiger partial charge in [-0.05, 0) is 43.7 Å². The Morgan fingerprint density at radius 2 is 2.16 bits per heavy atom. The predicted octanol–water partition coefficient (Wildman–Crippen LogP) is 2.34. The van der Waals surface area contributed by atoms with E-state index >= 15 is 0 Å². The molecule has 2 bridgehead atoms. The van der Waals surface area contributed by atoms with E-state index in [-0.39, 0.29) is 40.8 Å². The van der Waals surface area contributed by atoms with Gasteiger partial charge in [-0.2, -0.15) is 5.10 Å². The van der Waals surface area contributed by atoms with Crippen molar-refractivity contribution in [3.63, 3.8) is 0 Å². The van der Waals surface area contributed by atoms with Gasteiger partial charge in [0.05, 0.1) is 5.02 Å². The van der Waals surface area contributed by atoms with Gasteiger partial charge in [-0.25, -0.2) is 9.07 Å². The molecule has 3 fully saturated rings. The molecule has 4 aliphatic rings. The van der Waals surface area contributed by atoms with Crippen LogP contribution in [0.2, 0.25) is 5.02 Å². The van der Waals surface area contributed by atoms with E-state index in [2.05, 4.69) is 21.0 Å². The molecule has 0 saturated heterocycles. The van der Waals surface area contributed by atoms with E-state index in [1.165, 1.54) is 12.1 Å². The number of anilines is 1. The fourth-order valence-electron chi connectivity index (χ4n) is 4.86. The third kappa shape index (κ3) is 3.94. The summed E-state index contributed by atoms with van der Waals surface area (Å²) in [6, 6.07) is 5.81. The SMILES string of the molecule is O=C(COc1ccc(Cl)c(F)c1)NC1CC2(NC(=O)c3cc4n(n3)CCCN4)CC1C2. The average Bonchev–Trinajstić information content (AvgIpc) is 3.39. The largest absolute Gasteiger partial charge is 0.484 e. The van der Waals surface area contributed by atoms with Crippen molar-refractivity contribution in [1.29, 1.82) is 0 Å². The first kappa shape index (κ1) is 20.1. The highest BCUT2D eigenvalue weighted by molar-refractivity contribution is 6.30. The molecule has 3 aliphatic carbocycles. The molecule has 2 heterocycles. The minimum absolute atomic E-state index is 0.00171. The van der Waals surface area contributed by atoms with E-state index in [4.69, 9.17) is 16.3 Å². The Labute approximate surface area is 183 Å². The number of nitrogens with zero attached hydrogens (tertiary/aromatic N) is 2. The molecular weight excluding hydrogens is 425 g/mol. The molecule has 1 aromatic heterocycles. The maximum absolute atomic E-state index is 13.5. The number of hydrogen-bond donors (Lipinski definition) is 3. The van der Waals surface area contributed by atoms with Gasteiger partial charge in [0.2, 0.25) is 0 Å². The van der Waals surface area contributed by atoms with Crippen LogP contribution in [0.25, 0.3) is 0 Å². The topological polar surface area (TPSA) is 97.3 Å². The van der Waals surface area contributed by atoms with Crippen molar-refractivity contribution in [2.24, 2.45) is 5.92 Å². The molecule has 0 spiro atoms. The van der Waals surface area contributed by atoms with Gasteiger partial charge in [0.1, 0.15) is 17.4 Å². The van der Waals surface area contributed by atoms with Crippen molar-refractivity contribution in [3.05, 3.63) is 40.8 Å². The molecule has 164 valence electrons. The average molecular weight is 448 g/mol. The maximum Gasteiger partial charge on any atom is 0.272 e. The van der Waals surface area contributed by atoms with Crippen LogP contribution < -0.4 is 20.7 Å². The molecule has 0 radical (unpaired) electrons. The first-order valence-electron chi connectivity index (χ1n) is 10.4. The van der Waals surface area contributed by atoms with Crippen molar-refractivity contribution >= 4 is 29.2 Å². The summed E-state index contributed by atoms with van der Waals surface area (Å²) >= 11 is 5.64. The summed E-state index contributed by atoms with van der Waals surface area (Å²) in [4.78, 5) is 25.0. The summed E-state index contributed by atoms with van der Waals surface area (Å²) in [5.41, 5.74) is 0.121. The summed E-state index contributed by atoms with van der Waals surface area (Å²) in [5, 5.41) is 13.8. The Balaban J connectivity index is 1.13. The summed E-state index contributed by atoms with van der Waals surface area (Å²) in [6.07, 6.45) is 3.33. The van der Waals surface area contributed by atoms with Crippen LogP contribution in [-0.2, 0) is 11.3 Å². The minimum atomic E-state index is -0.594. The zero-order valence-corrected chi connectivity index (χ0v) is 17.5. The van der Waals surface area contributed by atoms with Crippen LogP contribution in [0.1, 0.15) is 36.2 Å². The Bertz CT molecular complexity index is 1010. The Morgan fingerprint density at radius 3 is 2.94 bits per heavy atom. The molecule has 10 heteroatoms. The number of carbonyl (C=O) groups is 2. The van der Waals surface area contributed by atoms with Crippen molar-refractivity contribution in [3.8, 4) is 5.75 Å². The van der Waals surface area contributed by atoms with Gasteiger partial charge in [-0.15, -0.1) is 0 Å². The van der Waals surface area contributed by atoms with E-state index in [0.29, 0.717) is 18.0 Å². The summed E-state index contributed by atoms with van der Waals surface area (Å²) in [6.45, 7) is 1.48. The van der Waals surface area contributed by atoms with Crippen molar-refractivity contribution in [2.45, 2.75) is 43.8 Å². The molecular formula is C21H23ClFN5O3. The zero-order chi connectivity index (χ0) is 21.6. The predicted molar refractivity (Wildman–Crippen MR) is 112 cm³/mol. The molecule has 1 atom stereocenters. The first-order chi connectivity index (χ1) is 14.9. The molecule has 6 rings (SSSR count). The highest BCUT2D eigenvalue weighted by atomic mass is 35.5. The fraction of sp³-hybridized carbons (Fsp3) is 0.476. The second-order valence-corrected chi connectivity index (χ2v) is 8.97. The third-order valence-corrected chi connectivity index (χ3v) is 6.64. The van der Waals surface area contributed by atoms with E-state index in [1.54, 1.807) is 6.07 Å². The summed E-state index contributed by atoms with van der Waals surface area (Å²) in [7, 11) is 0. The van der Waals surface area contributed by atoms with Gasteiger partial charge in [-0.3, -0.25) is 9.59 Å². The van der Waals surface area contributed by atoms with E-state index in [1.807, 2.05) is 4.68 Å². The van der Waals surface area contributed by atoms with Gasteiger partial charge in [0.25, 0.3) is 11.8 Å². The number of ether oxygens (including phenoxy) is 1. The molecule has 1 aliphatic heterocycles. The summed E-state index contributed by atoms with van der Waals surface area (Å²) in [5.74, 6) is 0.396. The van der Waals surface area contributed by atoms with Crippen LogP contribution in [0.5, 0.6) is 5.75 Å². The number of aryl methyl sites for hydroxylation is 1. The van der Waals surface area contributed by atoms with Crippen molar-refractivity contribution < 1.29 is 18.7 Å². The zero-order valence-electron chi connectivity index (χ0n) is 16.8. The normalized spacial score (nSPS) is 25.7.